The highest BCUT2D eigenvalue weighted by atomic mass is 16.2. The Labute approximate surface area is 171 Å². The first kappa shape index (κ1) is 19.0. The van der Waals surface area contributed by atoms with Crippen molar-refractivity contribution in [1.82, 2.24) is 0 Å². The van der Waals surface area contributed by atoms with Crippen molar-refractivity contribution in [2.24, 2.45) is 10.7 Å². The van der Waals surface area contributed by atoms with Gasteiger partial charge in [0.05, 0.1) is 6.54 Å². The third-order valence-electron chi connectivity index (χ3n) is 4.78. The van der Waals surface area contributed by atoms with E-state index in [0.29, 0.717) is 28.8 Å². The molecule has 1 heterocycles. The van der Waals surface area contributed by atoms with Crippen molar-refractivity contribution >= 4 is 51.9 Å². The Balaban J connectivity index is 1.48. The van der Waals surface area contributed by atoms with Crippen LogP contribution in [0.4, 0.5) is 16.2 Å². The number of carbonyl (C=O) groups is 3. The molecule has 1 aliphatic heterocycles. The number of carbonyl (C=O) groups excluding carboxylic acids is 3. The summed E-state index contributed by atoms with van der Waals surface area (Å²) in [5.41, 5.74) is 7.97. The maximum atomic E-state index is 12.6. The quantitative estimate of drug-likeness (QED) is 0.346. The second kappa shape index (κ2) is 7.59. The van der Waals surface area contributed by atoms with E-state index in [1.165, 1.54) is 4.90 Å². The molecule has 3 aromatic rings. The lowest BCUT2D eigenvalue weighted by Gasteiger charge is -2.15. The van der Waals surface area contributed by atoms with Gasteiger partial charge in [0.2, 0.25) is 0 Å². The SMILES string of the molecule is N=C(N)c1ccc2cc(C(=O)Nc3ccc(N4CC(C=O)=NC4=O)cc3)ccc2c1. The highest BCUT2D eigenvalue weighted by Crippen LogP contribution is 2.22. The van der Waals surface area contributed by atoms with Gasteiger partial charge < -0.3 is 11.1 Å². The molecule has 4 rings (SSSR count). The lowest BCUT2D eigenvalue weighted by atomic mass is 10.0. The molecule has 0 aliphatic carbocycles. The summed E-state index contributed by atoms with van der Waals surface area (Å²) >= 11 is 0. The number of nitrogens with one attached hydrogen (secondary N) is 2. The highest BCUT2D eigenvalue weighted by molar-refractivity contribution is 6.36. The van der Waals surface area contributed by atoms with E-state index in [0.717, 1.165) is 10.8 Å². The normalized spacial score (nSPS) is 13.3. The van der Waals surface area contributed by atoms with Crippen LogP contribution in [0, 0.1) is 5.41 Å². The number of hydrogen-bond acceptors (Lipinski definition) is 4. The van der Waals surface area contributed by atoms with Gasteiger partial charge in [0, 0.05) is 22.5 Å². The molecule has 0 fully saturated rings. The molecular weight excluding hydrogens is 382 g/mol. The molecule has 8 nitrogen and oxygen atoms in total. The van der Waals surface area contributed by atoms with Gasteiger partial charge in [-0.2, -0.15) is 4.99 Å². The van der Waals surface area contributed by atoms with Gasteiger partial charge in [0.25, 0.3) is 5.91 Å². The highest BCUT2D eigenvalue weighted by Gasteiger charge is 2.24. The predicted octanol–water partition coefficient (Wildman–Crippen LogP) is 2.96. The van der Waals surface area contributed by atoms with E-state index >= 15 is 0 Å². The monoisotopic (exact) mass is 399 g/mol. The molecule has 0 bridgehead atoms. The van der Waals surface area contributed by atoms with Gasteiger partial charge >= 0.3 is 6.03 Å². The Morgan fingerprint density at radius 1 is 1.03 bits per heavy atom. The third-order valence-corrected chi connectivity index (χ3v) is 4.78. The van der Waals surface area contributed by atoms with Crippen molar-refractivity contribution < 1.29 is 14.4 Å². The number of benzene rings is 3. The summed E-state index contributed by atoms with van der Waals surface area (Å²) in [5.74, 6) is -0.282. The summed E-state index contributed by atoms with van der Waals surface area (Å²) in [6.07, 6.45) is 0.566. The molecule has 1 aliphatic rings. The lowest BCUT2D eigenvalue weighted by molar-refractivity contribution is -0.102. The van der Waals surface area contributed by atoms with Gasteiger partial charge in [-0.3, -0.25) is 19.9 Å². The Morgan fingerprint density at radius 3 is 2.27 bits per heavy atom. The van der Waals surface area contributed by atoms with E-state index in [2.05, 4.69) is 10.3 Å². The second-order valence-corrected chi connectivity index (χ2v) is 6.78. The van der Waals surface area contributed by atoms with Gasteiger partial charge in [-0.1, -0.05) is 18.2 Å². The minimum Gasteiger partial charge on any atom is -0.384 e. The zero-order valence-electron chi connectivity index (χ0n) is 15.8. The summed E-state index contributed by atoms with van der Waals surface area (Å²) in [4.78, 5) is 40.3. The largest absolute Gasteiger partial charge is 0.384 e. The van der Waals surface area contributed by atoms with Crippen LogP contribution in [0.1, 0.15) is 15.9 Å². The number of anilines is 2. The fourth-order valence-electron chi connectivity index (χ4n) is 3.20. The number of aldehydes is 1. The molecule has 4 N–H and O–H groups in total. The van der Waals surface area contributed by atoms with Crippen LogP contribution >= 0.6 is 0 Å². The molecule has 0 radical (unpaired) electrons. The van der Waals surface area contributed by atoms with E-state index in [4.69, 9.17) is 11.1 Å². The Bertz CT molecular complexity index is 1230. The Morgan fingerprint density at radius 2 is 1.67 bits per heavy atom. The maximum absolute atomic E-state index is 12.6. The van der Waals surface area contributed by atoms with E-state index in [-0.39, 0.29) is 24.0 Å². The molecule has 3 aromatic carbocycles. The molecule has 0 saturated heterocycles. The number of hydrogen-bond donors (Lipinski definition) is 3. The number of amides is 3. The number of rotatable bonds is 5. The predicted molar refractivity (Wildman–Crippen MR) is 116 cm³/mol. The van der Waals surface area contributed by atoms with Crippen molar-refractivity contribution in [3.63, 3.8) is 0 Å². The van der Waals surface area contributed by atoms with Crippen LogP contribution in [-0.4, -0.2) is 36.3 Å². The number of nitrogens with two attached hydrogens (primary N) is 1. The van der Waals surface area contributed by atoms with Crippen molar-refractivity contribution in [3.05, 3.63) is 71.8 Å². The Kier molecular flexibility index (Phi) is 4.81. The summed E-state index contributed by atoms with van der Waals surface area (Å²) in [6, 6.07) is 16.9. The zero-order chi connectivity index (χ0) is 21.3. The maximum Gasteiger partial charge on any atom is 0.348 e. The second-order valence-electron chi connectivity index (χ2n) is 6.78. The number of nitrogen functional groups attached to an aromatic ring is 1. The van der Waals surface area contributed by atoms with Gasteiger partial charge in [-0.25, -0.2) is 4.79 Å². The third kappa shape index (κ3) is 3.66. The van der Waals surface area contributed by atoms with E-state index in [9.17, 15) is 14.4 Å². The van der Waals surface area contributed by atoms with Crippen LogP contribution in [0.2, 0.25) is 0 Å². The molecule has 0 unspecified atom stereocenters. The minimum absolute atomic E-state index is 0.00765. The van der Waals surface area contributed by atoms with Crippen molar-refractivity contribution in [2.45, 2.75) is 0 Å². The number of nitrogens with zero attached hydrogens (tertiary/aromatic N) is 2. The molecular formula is C22H17N5O3. The van der Waals surface area contributed by atoms with Crippen LogP contribution in [0.3, 0.4) is 0 Å². The number of amidine groups is 1. The molecule has 0 saturated carbocycles. The van der Waals surface area contributed by atoms with Gasteiger partial charge in [0.1, 0.15) is 11.5 Å². The van der Waals surface area contributed by atoms with Crippen LogP contribution < -0.4 is 16.0 Å². The van der Waals surface area contributed by atoms with Crippen LogP contribution in [-0.2, 0) is 4.79 Å². The van der Waals surface area contributed by atoms with Crippen LogP contribution in [0.5, 0.6) is 0 Å². The average Bonchev–Trinajstić information content (AvgIpc) is 3.14. The molecule has 30 heavy (non-hydrogen) atoms. The van der Waals surface area contributed by atoms with Gasteiger partial charge in [0.15, 0.2) is 6.29 Å². The molecule has 3 amide bonds. The number of fused-ring (bicyclic) bond motifs is 1. The zero-order valence-corrected chi connectivity index (χ0v) is 15.8. The molecule has 0 atom stereocenters. The average molecular weight is 399 g/mol. The Hall–Kier alpha value is -4.33. The lowest BCUT2D eigenvalue weighted by Crippen LogP contribution is -2.26. The van der Waals surface area contributed by atoms with E-state index in [1.54, 1.807) is 48.5 Å². The number of aliphatic imine (C=N–C) groups is 1. The first-order valence-electron chi connectivity index (χ1n) is 9.08. The first-order chi connectivity index (χ1) is 14.4. The topological polar surface area (TPSA) is 129 Å². The summed E-state index contributed by atoms with van der Waals surface area (Å²) < 4.78 is 0. The first-order valence-corrected chi connectivity index (χ1v) is 9.08. The molecule has 0 spiro atoms. The van der Waals surface area contributed by atoms with Crippen molar-refractivity contribution in [1.29, 1.82) is 5.41 Å². The fraction of sp³-hybridized carbons (Fsp3) is 0.0455. The van der Waals surface area contributed by atoms with Gasteiger partial charge in [-0.15, -0.1) is 0 Å². The smallest absolute Gasteiger partial charge is 0.348 e. The van der Waals surface area contributed by atoms with Gasteiger partial charge in [-0.05, 0) is 53.2 Å². The summed E-state index contributed by atoms with van der Waals surface area (Å²) in [7, 11) is 0. The van der Waals surface area contributed by atoms with Crippen molar-refractivity contribution in [2.75, 3.05) is 16.8 Å². The molecule has 148 valence electrons. The number of urea groups is 1. The van der Waals surface area contributed by atoms with E-state index in [1.807, 2.05) is 12.1 Å². The summed E-state index contributed by atoms with van der Waals surface area (Å²) in [6.45, 7) is 0.135. The minimum atomic E-state index is -0.488. The van der Waals surface area contributed by atoms with Crippen LogP contribution in [0.15, 0.2) is 65.7 Å². The fourth-order valence-corrected chi connectivity index (χ4v) is 3.20. The molecule has 8 heteroatoms. The van der Waals surface area contributed by atoms with Crippen molar-refractivity contribution in [3.8, 4) is 0 Å². The van der Waals surface area contributed by atoms with Crippen LogP contribution in [0.25, 0.3) is 10.8 Å². The standard InChI is InChI=1S/C22H17N5O3/c23-20(24)15-3-1-14-10-16(4-2-13(14)9-15)21(29)25-17-5-7-19(8-6-17)27-11-18(12-28)26-22(27)30/h1-10,12H,11H2,(H3,23,24)(H,25,29). The summed E-state index contributed by atoms with van der Waals surface area (Å²) in [5, 5.41) is 12.1. The molecule has 0 aromatic heterocycles. The van der Waals surface area contributed by atoms with E-state index < -0.39 is 6.03 Å².